The van der Waals surface area contributed by atoms with E-state index in [2.05, 4.69) is 30.8 Å². The molecule has 0 spiro atoms. The highest BCUT2D eigenvalue weighted by atomic mass is 16.5. The van der Waals surface area contributed by atoms with Gasteiger partial charge in [-0.15, -0.1) is 0 Å². The summed E-state index contributed by atoms with van der Waals surface area (Å²) in [4.78, 5) is 0. The summed E-state index contributed by atoms with van der Waals surface area (Å²) in [7, 11) is 0. The molecule has 4 atom stereocenters. The molecule has 2 aliphatic carbocycles. The van der Waals surface area contributed by atoms with Crippen LogP contribution in [0.3, 0.4) is 0 Å². The smallest absolute Gasteiger partial charge is 0.111 e. The third-order valence-corrected chi connectivity index (χ3v) is 4.96. The molecule has 0 aromatic heterocycles. The quantitative estimate of drug-likeness (QED) is 0.640. The fraction of sp³-hybridized carbons (Fsp3) is 0.529. The third kappa shape index (κ3) is 2.15. The Labute approximate surface area is 120 Å². The van der Waals surface area contributed by atoms with Crippen LogP contribution in [0.25, 0.3) is 0 Å². The molecule has 0 amide bonds. The van der Waals surface area contributed by atoms with Crippen molar-refractivity contribution in [2.75, 3.05) is 13.2 Å². The average Bonchev–Trinajstić information content (AvgIpc) is 2.98. The number of ether oxygens (including phenoxy) is 2. The molecule has 3 nitrogen and oxygen atoms in total. The Hall–Kier alpha value is -1.32. The Morgan fingerprint density at radius 3 is 2.65 bits per heavy atom. The maximum atomic E-state index is 6.40. The summed E-state index contributed by atoms with van der Waals surface area (Å²) in [5.74, 6) is 1.03. The lowest BCUT2D eigenvalue weighted by Crippen LogP contribution is -2.40. The molecular formula is C17H23NO2. The van der Waals surface area contributed by atoms with Crippen LogP contribution < -0.4 is 5.73 Å². The van der Waals surface area contributed by atoms with E-state index < -0.39 is 0 Å². The Morgan fingerprint density at radius 1 is 1.25 bits per heavy atom. The van der Waals surface area contributed by atoms with Crippen LogP contribution >= 0.6 is 0 Å². The topological polar surface area (TPSA) is 44.5 Å². The summed E-state index contributed by atoms with van der Waals surface area (Å²) in [6.07, 6.45) is 4.91. The van der Waals surface area contributed by atoms with Crippen molar-refractivity contribution in [2.24, 2.45) is 17.6 Å². The van der Waals surface area contributed by atoms with Gasteiger partial charge in [0, 0.05) is 12.0 Å². The zero-order valence-corrected chi connectivity index (χ0v) is 11.8. The van der Waals surface area contributed by atoms with Gasteiger partial charge in [0.15, 0.2) is 0 Å². The van der Waals surface area contributed by atoms with Gasteiger partial charge in [0.2, 0.25) is 0 Å². The van der Waals surface area contributed by atoms with Gasteiger partial charge < -0.3 is 15.2 Å². The van der Waals surface area contributed by atoms with Gasteiger partial charge in [-0.2, -0.15) is 0 Å². The van der Waals surface area contributed by atoms with Crippen LogP contribution in [0.1, 0.15) is 24.8 Å². The molecule has 3 heteroatoms. The van der Waals surface area contributed by atoms with E-state index in [1.165, 1.54) is 24.7 Å². The SMILES string of the molecule is C=COCCOC1(c2ccccc2)CC2CCC1C2N. The lowest BCUT2D eigenvalue weighted by atomic mass is 9.78. The van der Waals surface area contributed by atoms with Crippen molar-refractivity contribution in [3.05, 3.63) is 48.7 Å². The summed E-state index contributed by atoms with van der Waals surface area (Å²) >= 11 is 0. The van der Waals surface area contributed by atoms with E-state index in [1.54, 1.807) is 0 Å². The highest BCUT2D eigenvalue weighted by Crippen LogP contribution is 2.56. The third-order valence-electron chi connectivity index (χ3n) is 4.96. The summed E-state index contributed by atoms with van der Waals surface area (Å²) in [5, 5.41) is 0. The first-order valence-electron chi connectivity index (χ1n) is 7.45. The minimum absolute atomic E-state index is 0.214. The van der Waals surface area contributed by atoms with Crippen molar-refractivity contribution in [3.8, 4) is 0 Å². The van der Waals surface area contributed by atoms with Crippen LogP contribution in [-0.2, 0) is 15.1 Å². The molecule has 2 fully saturated rings. The first kappa shape index (κ1) is 13.7. The minimum Gasteiger partial charge on any atom is -0.499 e. The molecule has 0 aliphatic heterocycles. The van der Waals surface area contributed by atoms with E-state index in [9.17, 15) is 0 Å². The largest absolute Gasteiger partial charge is 0.499 e. The van der Waals surface area contributed by atoms with Gasteiger partial charge in [-0.3, -0.25) is 0 Å². The highest BCUT2D eigenvalue weighted by molar-refractivity contribution is 5.28. The predicted octanol–water partition coefficient (Wildman–Crippen LogP) is 2.82. The standard InChI is InChI=1S/C17H23NO2/c1-2-19-10-11-20-17(14-6-4-3-5-7-14)12-13-8-9-15(17)16(13)18/h2-7,13,15-16H,1,8-12,18H2. The van der Waals surface area contributed by atoms with Gasteiger partial charge in [-0.25, -0.2) is 0 Å². The van der Waals surface area contributed by atoms with E-state index in [-0.39, 0.29) is 11.6 Å². The number of rotatable bonds is 6. The molecule has 4 unspecified atom stereocenters. The average molecular weight is 273 g/mol. The molecule has 2 N–H and O–H groups in total. The summed E-state index contributed by atoms with van der Waals surface area (Å²) in [6.45, 7) is 4.68. The van der Waals surface area contributed by atoms with Crippen molar-refractivity contribution >= 4 is 0 Å². The molecule has 20 heavy (non-hydrogen) atoms. The maximum Gasteiger partial charge on any atom is 0.111 e. The number of benzene rings is 1. The Balaban J connectivity index is 1.83. The first-order chi connectivity index (χ1) is 9.78. The Bertz CT molecular complexity index is 461. The normalized spacial score (nSPS) is 35.1. The van der Waals surface area contributed by atoms with Crippen LogP contribution in [-0.4, -0.2) is 19.3 Å². The molecule has 3 rings (SSSR count). The van der Waals surface area contributed by atoms with Crippen molar-refractivity contribution in [1.29, 1.82) is 0 Å². The summed E-state index contributed by atoms with van der Waals surface area (Å²) in [6, 6.07) is 10.8. The lowest BCUT2D eigenvalue weighted by Gasteiger charge is -2.38. The van der Waals surface area contributed by atoms with Crippen molar-refractivity contribution in [2.45, 2.75) is 30.9 Å². The van der Waals surface area contributed by atoms with E-state index in [1.807, 2.05) is 6.07 Å². The fourth-order valence-corrected chi connectivity index (χ4v) is 4.09. The molecule has 1 aromatic carbocycles. The number of hydrogen-bond acceptors (Lipinski definition) is 3. The maximum absolute atomic E-state index is 6.40. The predicted molar refractivity (Wildman–Crippen MR) is 79.0 cm³/mol. The van der Waals surface area contributed by atoms with E-state index in [0.29, 0.717) is 25.0 Å². The Kier molecular flexibility index (Phi) is 3.81. The van der Waals surface area contributed by atoms with Crippen LogP contribution in [0, 0.1) is 11.8 Å². The van der Waals surface area contributed by atoms with E-state index >= 15 is 0 Å². The zero-order chi connectivity index (χ0) is 14.0. The first-order valence-corrected chi connectivity index (χ1v) is 7.45. The van der Waals surface area contributed by atoms with Crippen molar-refractivity contribution in [3.63, 3.8) is 0 Å². The van der Waals surface area contributed by atoms with Crippen molar-refractivity contribution in [1.82, 2.24) is 0 Å². The van der Waals surface area contributed by atoms with Gasteiger partial charge in [-0.1, -0.05) is 36.9 Å². The molecule has 108 valence electrons. The van der Waals surface area contributed by atoms with Gasteiger partial charge in [0.1, 0.15) is 6.61 Å². The van der Waals surface area contributed by atoms with Crippen LogP contribution in [0.15, 0.2) is 43.2 Å². The zero-order valence-electron chi connectivity index (χ0n) is 11.8. The van der Waals surface area contributed by atoms with Crippen LogP contribution in [0.2, 0.25) is 0 Å². The van der Waals surface area contributed by atoms with E-state index in [0.717, 1.165) is 6.42 Å². The second-order valence-corrected chi connectivity index (χ2v) is 5.87. The summed E-state index contributed by atoms with van der Waals surface area (Å²) < 4.78 is 11.5. The minimum atomic E-state index is -0.214. The van der Waals surface area contributed by atoms with Gasteiger partial charge >= 0.3 is 0 Å². The second-order valence-electron chi connectivity index (χ2n) is 5.87. The molecule has 0 saturated heterocycles. The van der Waals surface area contributed by atoms with Crippen molar-refractivity contribution < 1.29 is 9.47 Å². The number of nitrogens with two attached hydrogens (primary N) is 1. The number of hydrogen-bond donors (Lipinski definition) is 1. The number of fused-ring (bicyclic) bond motifs is 2. The molecule has 2 bridgehead atoms. The Morgan fingerprint density at radius 2 is 2.05 bits per heavy atom. The van der Waals surface area contributed by atoms with Crippen LogP contribution in [0.5, 0.6) is 0 Å². The lowest BCUT2D eigenvalue weighted by molar-refractivity contribution is -0.101. The highest BCUT2D eigenvalue weighted by Gasteiger charge is 2.57. The molecule has 2 saturated carbocycles. The van der Waals surface area contributed by atoms with Crippen LogP contribution in [0.4, 0.5) is 0 Å². The molecule has 0 heterocycles. The van der Waals surface area contributed by atoms with Gasteiger partial charge in [0.05, 0.1) is 18.5 Å². The van der Waals surface area contributed by atoms with Gasteiger partial charge in [0.25, 0.3) is 0 Å². The second kappa shape index (κ2) is 5.58. The molecule has 2 aliphatic rings. The fourth-order valence-electron chi connectivity index (χ4n) is 4.09. The summed E-state index contributed by atoms with van der Waals surface area (Å²) in [5.41, 5.74) is 7.45. The molecule has 0 radical (unpaired) electrons. The monoisotopic (exact) mass is 273 g/mol. The molecule has 1 aromatic rings. The molecular weight excluding hydrogens is 250 g/mol. The van der Waals surface area contributed by atoms with E-state index in [4.69, 9.17) is 15.2 Å². The van der Waals surface area contributed by atoms with Gasteiger partial charge in [-0.05, 0) is 30.7 Å².